The van der Waals surface area contributed by atoms with E-state index in [4.69, 9.17) is 4.18 Å². The van der Waals surface area contributed by atoms with Crippen LogP contribution in [-0.2, 0) is 19.1 Å². The zero-order valence-corrected chi connectivity index (χ0v) is 12.0. The summed E-state index contributed by atoms with van der Waals surface area (Å²) >= 11 is 0. The zero-order chi connectivity index (χ0) is 14.1. The Balaban J connectivity index is 2.31. The second-order valence-corrected chi connectivity index (χ2v) is 6.07. The van der Waals surface area contributed by atoms with Crippen LogP contribution in [0.1, 0.15) is 37.7 Å². The third-order valence-electron chi connectivity index (χ3n) is 2.76. The van der Waals surface area contributed by atoms with Gasteiger partial charge < -0.3 is 4.79 Å². The van der Waals surface area contributed by atoms with E-state index in [0.29, 0.717) is 12.8 Å². The Morgan fingerprint density at radius 1 is 1.05 bits per heavy atom. The molecule has 4 nitrogen and oxygen atoms in total. The molecule has 0 aromatic heterocycles. The number of hydrogen-bond acceptors (Lipinski definition) is 4. The van der Waals surface area contributed by atoms with Gasteiger partial charge in [-0.25, -0.2) is 0 Å². The lowest BCUT2D eigenvalue weighted by atomic mass is 10.2. The van der Waals surface area contributed by atoms with Crippen molar-refractivity contribution >= 4 is 16.4 Å². The molecule has 0 heterocycles. The Kier molecular flexibility index (Phi) is 6.73. The topological polar surface area (TPSA) is 60.4 Å². The quantitative estimate of drug-likeness (QED) is 0.397. The molecule has 5 heteroatoms. The summed E-state index contributed by atoms with van der Waals surface area (Å²) in [5.74, 6) is 0. The average molecular weight is 284 g/mol. The van der Waals surface area contributed by atoms with Crippen LogP contribution >= 0.6 is 0 Å². The molecule has 0 bridgehead atoms. The molecule has 0 spiro atoms. The molecule has 106 valence electrons. The van der Waals surface area contributed by atoms with Gasteiger partial charge in [-0.05, 0) is 31.9 Å². The molecule has 0 aliphatic heterocycles. The Morgan fingerprint density at radius 2 is 1.68 bits per heavy atom. The Morgan fingerprint density at radius 3 is 2.32 bits per heavy atom. The zero-order valence-electron chi connectivity index (χ0n) is 11.2. The molecular weight excluding hydrogens is 264 g/mol. The first-order valence-corrected chi connectivity index (χ1v) is 7.87. The number of carbonyl (C=O) groups is 1. The SMILES string of the molecule is Cc1ccc(S(=O)(=O)OCCCCCCC=O)cc1. The van der Waals surface area contributed by atoms with Crippen LogP contribution in [0.15, 0.2) is 29.2 Å². The molecule has 0 saturated heterocycles. The third kappa shape index (κ3) is 5.98. The van der Waals surface area contributed by atoms with E-state index >= 15 is 0 Å². The molecule has 19 heavy (non-hydrogen) atoms. The van der Waals surface area contributed by atoms with E-state index in [9.17, 15) is 13.2 Å². The van der Waals surface area contributed by atoms with Crippen LogP contribution in [0.25, 0.3) is 0 Å². The lowest BCUT2D eigenvalue weighted by Gasteiger charge is -2.05. The minimum Gasteiger partial charge on any atom is -0.303 e. The number of carbonyl (C=O) groups excluding carboxylic acids is 1. The molecule has 0 fully saturated rings. The molecule has 0 N–H and O–H groups in total. The summed E-state index contributed by atoms with van der Waals surface area (Å²) in [5.41, 5.74) is 1.01. The van der Waals surface area contributed by atoms with Gasteiger partial charge in [0.2, 0.25) is 0 Å². The van der Waals surface area contributed by atoms with Crippen molar-refractivity contribution in [2.45, 2.75) is 43.9 Å². The van der Waals surface area contributed by atoms with Crippen LogP contribution in [-0.4, -0.2) is 21.3 Å². The van der Waals surface area contributed by atoms with Crippen molar-refractivity contribution in [2.75, 3.05) is 6.61 Å². The second-order valence-electron chi connectivity index (χ2n) is 4.46. The van der Waals surface area contributed by atoms with Crippen LogP contribution in [0.4, 0.5) is 0 Å². The van der Waals surface area contributed by atoms with Gasteiger partial charge in [-0.2, -0.15) is 8.42 Å². The maximum absolute atomic E-state index is 11.8. The van der Waals surface area contributed by atoms with Crippen molar-refractivity contribution in [1.29, 1.82) is 0 Å². The van der Waals surface area contributed by atoms with E-state index in [-0.39, 0.29) is 11.5 Å². The maximum Gasteiger partial charge on any atom is 0.296 e. The molecule has 0 aliphatic rings. The van der Waals surface area contributed by atoms with Crippen molar-refractivity contribution in [3.05, 3.63) is 29.8 Å². The van der Waals surface area contributed by atoms with Crippen molar-refractivity contribution < 1.29 is 17.4 Å². The van der Waals surface area contributed by atoms with Crippen LogP contribution in [0, 0.1) is 6.92 Å². The molecule has 0 radical (unpaired) electrons. The molecule has 0 unspecified atom stereocenters. The van der Waals surface area contributed by atoms with Crippen LogP contribution < -0.4 is 0 Å². The first-order chi connectivity index (χ1) is 9.06. The number of benzene rings is 1. The Labute approximate surface area is 114 Å². The van der Waals surface area contributed by atoms with E-state index in [1.165, 1.54) is 0 Å². The lowest BCUT2D eigenvalue weighted by Crippen LogP contribution is -2.07. The fraction of sp³-hybridized carbons (Fsp3) is 0.500. The van der Waals surface area contributed by atoms with Gasteiger partial charge in [-0.3, -0.25) is 4.18 Å². The van der Waals surface area contributed by atoms with Crippen LogP contribution in [0.3, 0.4) is 0 Å². The smallest absolute Gasteiger partial charge is 0.296 e. The summed E-state index contributed by atoms with van der Waals surface area (Å²) in [4.78, 5) is 10.3. The molecular formula is C14H20O4S. The molecule has 1 aromatic rings. The van der Waals surface area contributed by atoms with Gasteiger partial charge in [-0.1, -0.05) is 30.5 Å². The fourth-order valence-electron chi connectivity index (χ4n) is 1.62. The maximum atomic E-state index is 11.8. The minimum absolute atomic E-state index is 0.192. The predicted octanol–water partition coefficient (Wildman–Crippen LogP) is 2.85. The predicted molar refractivity (Wildman–Crippen MR) is 73.5 cm³/mol. The van der Waals surface area contributed by atoms with Crippen LogP contribution in [0.5, 0.6) is 0 Å². The number of aryl methyl sites for hydroxylation is 1. The van der Waals surface area contributed by atoms with Gasteiger partial charge in [0.1, 0.15) is 6.29 Å². The Hall–Kier alpha value is -1.20. The highest BCUT2D eigenvalue weighted by Gasteiger charge is 2.13. The Bertz CT molecular complexity index is 477. The molecule has 1 rings (SSSR count). The monoisotopic (exact) mass is 284 g/mol. The van der Waals surface area contributed by atoms with Gasteiger partial charge in [0.25, 0.3) is 10.1 Å². The fourth-order valence-corrected chi connectivity index (χ4v) is 2.57. The van der Waals surface area contributed by atoms with Gasteiger partial charge >= 0.3 is 0 Å². The van der Waals surface area contributed by atoms with Crippen molar-refractivity contribution in [2.24, 2.45) is 0 Å². The standard InChI is InChI=1S/C14H20O4S/c1-13-7-9-14(10-8-13)19(16,17)18-12-6-4-2-3-5-11-15/h7-11H,2-6,12H2,1H3. The molecule has 0 atom stereocenters. The number of aldehydes is 1. The van der Waals surface area contributed by atoms with Gasteiger partial charge in [-0.15, -0.1) is 0 Å². The van der Waals surface area contributed by atoms with E-state index in [0.717, 1.165) is 31.1 Å². The van der Waals surface area contributed by atoms with E-state index < -0.39 is 10.1 Å². The highest BCUT2D eigenvalue weighted by atomic mass is 32.2. The summed E-state index contributed by atoms with van der Waals surface area (Å²) in [6, 6.07) is 6.59. The lowest BCUT2D eigenvalue weighted by molar-refractivity contribution is -0.107. The summed E-state index contributed by atoms with van der Waals surface area (Å²) in [6.07, 6.45) is 4.81. The van der Waals surface area contributed by atoms with E-state index in [2.05, 4.69) is 0 Å². The van der Waals surface area contributed by atoms with Crippen molar-refractivity contribution in [3.63, 3.8) is 0 Å². The normalized spacial score (nSPS) is 11.4. The van der Waals surface area contributed by atoms with Gasteiger partial charge in [0.15, 0.2) is 0 Å². The highest BCUT2D eigenvalue weighted by Crippen LogP contribution is 2.14. The molecule has 1 aromatic carbocycles. The van der Waals surface area contributed by atoms with E-state index in [1.807, 2.05) is 6.92 Å². The first-order valence-electron chi connectivity index (χ1n) is 6.46. The highest BCUT2D eigenvalue weighted by molar-refractivity contribution is 7.86. The minimum atomic E-state index is -3.63. The second kappa shape index (κ2) is 8.07. The van der Waals surface area contributed by atoms with Gasteiger partial charge in [0.05, 0.1) is 11.5 Å². The number of rotatable bonds is 9. The van der Waals surface area contributed by atoms with Crippen molar-refractivity contribution in [1.82, 2.24) is 0 Å². The number of hydrogen-bond donors (Lipinski definition) is 0. The third-order valence-corrected chi connectivity index (χ3v) is 4.09. The van der Waals surface area contributed by atoms with E-state index in [1.54, 1.807) is 24.3 Å². The van der Waals surface area contributed by atoms with Crippen LogP contribution in [0.2, 0.25) is 0 Å². The summed E-state index contributed by atoms with van der Waals surface area (Å²) in [5, 5.41) is 0. The number of unbranched alkanes of at least 4 members (excludes halogenated alkanes) is 4. The summed E-state index contributed by atoms with van der Waals surface area (Å²) in [7, 11) is -3.63. The average Bonchev–Trinajstić information content (AvgIpc) is 2.38. The molecule has 0 saturated carbocycles. The van der Waals surface area contributed by atoms with Crippen molar-refractivity contribution in [3.8, 4) is 0 Å². The molecule has 0 amide bonds. The summed E-state index contributed by atoms with van der Waals surface area (Å²) in [6.45, 7) is 2.09. The summed E-state index contributed by atoms with van der Waals surface area (Å²) < 4.78 is 28.6. The molecule has 0 aliphatic carbocycles. The largest absolute Gasteiger partial charge is 0.303 e. The van der Waals surface area contributed by atoms with Gasteiger partial charge in [0, 0.05) is 6.42 Å². The first kappa shape index (κ1) is 15.9.